The molecule has 0 fully saturated rings. The van der Waals surface area contributed by atoms with Gasteiger partial charge in [0, 0.05) is 49.3 Å². The molecule has 100 valence electrons. The van der Waals surface area contributed by atoms with Crippen LogP contribution in [0.5, 0.6) is 5.75 Å². The van der Waals surface area contributed by atoms with E-state index in [1.807, 2.05) is 37.5 Å². The zero-order valence-corrected chi connectivity index (χ0v) is 11.3. The second-order valence-electron chi connectivity index (χ2n) is 4.38. The molecule has 0 aliphatic carbocycles. The number of nitrogens with zero attached hydrogens (tertiary/aromatic N) is 2. The molecule has 0 atom stereocenters. The van der Waals surface area contributed by atoms with E-state index in [1.165, 1.54) is 0 Å². The molecule has 1 aromatic carbocycles. The Balaban J connectivity index is 2.23. The molecule has 19 heavy (non-hydrogen) atoms. The average Bonchev–Trinajstić information content (AvgIpc) is 2.47. The van der Waals surface area contributed by atoms with E-state index >= 15 is 0 Å². The van der Waals surface area contributed by atoms with Crippen molar-refractivity contribution in [2.45, 2.75) is 13.1 Å². The fraction of sp³-hybridized carbons (Fsp3) is 0.267. The van der Waals surface area contributed by atoms with Crippen molar-refractivity contribution in [3.63, 3.8) is 0 Å². The summed E-state index contributed by atoms with van der Waals surface area (Å²) in [7, 11) is 3.73. The highest BCUT2D eigenvalue weighted by molar-refractivity contribution is 5.52. The third-order valence-corrected chi connectivity index (χ3v) is 3.11. The van der Waals surface area contributed by atoms with Gasteiger partial charge in [-0.15, -0.1) is 0 Å². The van der Waals surface area contributed by atoms with Crippen LogP contribution in [-0.2, 0) is 13.1 Å². The molecule has 0 spiro atoms. The summed E-state index contributed by atoms with van der Waals surface area (Å²) in [4.78, 5) is 6.26. The van der Waals surface area contributed by atoms with Gasteiger partial charge in [-0.2, -0.15) is 0 Å². The molecule has 4 heteroatoms. The van der Waals surface area contributed by atoms with E-state index in [2.05, 4.69) is 16.0 Å². The van der Waals surface area contributed by atoms with Crippen molar-refractivity contribution in [3.8, 4) is 5.75 Å². The summed E-state index contributed by atoms with van der Waals surface area (Å²) in [5, 5.41) is 0. The molecule has 4 nitrogen and oxygen atoms in total. The monoisotopic (exact) mass is 257 g/mol. The molecule has 0 radical (unpaired) electrons. The SMILES string of the molecule is COc1ccccc1CN(C)c1ccncc1CN. The van der Waals surface area contributed by atoms with E-state index in [0.29, 0.717) is 6.54 Å². The van der Waals surface area contributed by atoms with Crippen molar-refractivity contribution in [2.24, 2.45) is 5.73 Å². The molecule has 1 aromatic heterocycles. The minimum Gasteiger partial charge on any atom is -0.496 e. The second-order valence-corrected chi connectivity index (χ2v) is 4.38. The Labute approximate surface area is 113 Å². The summed E-state index contributed by atoms with van der Waals surface area (Å²) in [6, 6.07) is 10.0. The maximum Gasteiger partial charge on any atom is 0.123 e. The lowest BCUT2D eigenvalue weighted by atomic mass is 10.1. The summed E-state index contributed by atoms with van der Waals surface area (Å²) < 4.78 is 5.37. The molecule has 0 aliphatic rings. The number of nitrogens with two attached hydrogens (primary N) is 1. The Kier molecular flexibility index (Phi) is 4.36. The summed E-state index contributed by atoms with van der Waals surface area (Å²) in [6.07, 6.45) is 3.60. The topological polar surface area (TPSA) is 51.4 Å². The highest BCUT2D eigenvalue weighted by Crippen LogP contribution is 2.23. The van der Waals surface area contributed by atoms with Gasteiger partial charge in [-0.05, 0) is 12.1 Å². The highest BCUT2D eigenvalue weighted by Gasteiger charge is 2.09. The van der Waals surface area contributed by atoms with Gasteiger partial charge in [0.15, 0.2) is 0 Å². The van der Waals surface area contributed by atoms with E-state index in [9.17, 15) is 0 Å². The summed E-state index contributed by atoms with van der Waals surface area (Å²) in [5.41, 5.74) is 9.03. The number of rotatable bonds is 5. The highest BCUT2D eigenvalue weighted by atomic mass is 16.5. The van der Waals surface area contributed by atoms with Crippen LogP contribution in [0, 0.1) is 0 Å². The Morgan fingerprint density at radius 2 is 2.00 bits per heavy atom. The fourth-order valence-electron chi connectivity index (χ4n) is 2.12. The zero-order chi connectivity index (χ0) is 13.7. The van der Waals surface area contributed by atoms with E-state index in [4.69, 9.17) is 10.5 Å². The Bertz CT molecular complexity index is 542. The van der Waals surface area contributed by atoms with Gasteiger partial charge in [0.05, 0.1) is 7.11 Å². The van der Waals surface area contributed by atoms with Crippen LogP contribution in [0.2, 0.25) is 0 Å². The lowest BCUT2D eigenvalue weighted by molar-refractivity contribution is 0.409. The van der Waals surface area contributed by atoms with Crippen LogP contribution in [0.1, 0.15) is 11.1 Å². The van der Waals surface area contributed by atoms with Crippen LogP contribution in [-0.4, -0.2) is 19.1 Å². The van der Waals surface area contributed by atoms with E-state index in [0.717, 1.165) is 29.1 Å². The predicted octanol–water partition coefficient (Wildman–Crippen LogP) is 2.19. The first-order valence-electron chi connectivity index (χ1n) is 6.22. The molecule has 0 aliphatic heterocycles. The van der Waals surface area contributed by atoms with Gasteiger partial charge in [-0.25, -0.2) is 0 Å². The van der Waals surface area contributed by atoms with Crippen LogP contribution in [0.4, 0.5) is 5.69 Å². The average molecular weight is 257 g/mol. The Hall–Kier alpha value is -2.07. The minimum atomic E-state index is 0.486. The third-order valence-electron chi connectivity index (χ3n) is 3.11. The molecule has 2 aromatic rings. The molecule has 2 rings (SSSR count). The number of hydrogen-bond donors (Lipinski definition) is 1. The van der Waals surface area contributed by atoms with E-state index < -0.39 is 0 Å². The van der Waals surface area contributed by atoms with Crippen LogP contribution in [0.25, 0.3) is 0 Å². The Morgan fingerprint density at radius 3 is 2.74 bits per heavy atom. The zero-order valence-electron chi connectivity index (χ0n) is 11.3. The maximum atomic E-state index is 5.75. The number of hydrogen-bond acceptors (Lipinski definition) is 4. The Morgan fingerprint density at radius 1 is 1.21 bits per heavy atom. The van der Waals surface area contributed by atoms with Gasteiger partial charge in [0.1, 0.15) is 5.75 Å². The first-order chi connectivity index (χ1) is 9.26. The van der Waals surface area contributed by atoms with Crippen molar-refractivity contribution < 1.29 is 4.74 Å². The molecule has 0 bridgehead atoms. The largest absolute Gasteiger partial charge is 0.496 e. The molecule has 0 saturated carbocycles. The minimum absolute atomic E-state index is 0.486. The summed E-state index contributed by atoms with van der Waals surface area (Å²) in [6.45, 7) is 1.25. The number of benzene rings is 1. The number of aromatic nitrogens is 1. The quantitative estimate of drug-likeness (QED) is 0.892. The van der Waals surface area contributed by atoms with Crippen LogP contribution in [0.15, 0.2) is 42.7 Å². The van der Waals surface area contributed by atoms with E-state index in [1.54, 1.807) is 13.3 Å². The molecule has 1 heterocycles. The van der Waals surface area contributed by atoms with Crippen LogP contribution < -0.4 is 15.4 Å². The predicted molar refractivity (Wildman–Crippen MR) is 77.2 cm³/mol. The molecule has 0 saturated heterocycles. The maximum absolute atomic E-state index is 5.75. The lowest BCUT2D eigenvalue weighted by Crippen LogP contribution is -2.19. The van der Waals surface area contributed by atoms with Gasteiger partial charge in [0.25, 0.3) is 0 Å². The lowest BCUT2D eigenvalue weighted by Gasteiger charge is -2.22. The number of pyridine rings is 1. The van der Waals surface area contributed by atoms with Crippen molar-refractivity contribution in [2.75, 3.05) is 19.1 Å². The van der Waals surface area contributed by atoms with Crippen molar-refractivity contribution in [1.82, 2.24) is 4.98 Å². The number of methoxy groups -OCH3 is 1. The van der Waals surface area contributed by atoms with Crippen molar-refractivity contribution >= 4 is 5.69 Å². The van der Waals surface area contributed by atoms with Gasteiger partial charge < -0.3 is 15.4 Å². The number of anilines is 1. The van der Waals surface area contributed by atoms with Gasteiger partial charge in [0.2, 0.25) is 0 Å². The van der Waals surface area contributed by atoms with Gasteiger partial charge >= 0.3 is 0 Å². The molecule has 2 N–H and O–H groups in total. The van der Waals surface area contributed by atoms with Crippen LogP contribution in [0.3, 0.4) is 0 Å². The number of ether oxygens (including phenoxy) is 1. The molecule has 0 unspecified atom stereocenters. The second kappa shape index (κ2) is 6.20. The van der Waals surface area contributed by atoms with Crippen LogP contribution >= 0.6 is 0 Å². The standard InChI is InChI=1S/C15H19N3O/c1-18(14-7-8-17-10-13(14)9-16)11-12-5-3-4-6-15(12)19-2/h3-8,10H,9,11,16H2,1-2H3. The van der Waals surface area contributed by atoms with Gasteiger partial charge in [-0.1, -0.05) is 18.2 Å². The number of para-hydroxylation sites is 1. The first-order valence-corrected chi connectivity index (χ1v) is 6.22. The molecular formula is C15H19N3O. The summed E-state index contributed by atoms with van der Waals surface area (Å²) in [5.74, 6) is 0.901. The molecule has 0 amide bonds. The van der Waals surface area contributed by atoms with Gasteiger partial charge in [-0.3, -0.25) is 4.98 Å². The summed E-state index contributed by atoms with van der Waals surface area (Å²) >= 11 is 0. The first kappa shape index (κ1) is 13.4. The fourth-order valence-corrected chi connectivity index (χ4v) is 2.12. The molecular weight excluding hydrogens is 238 g/mol. The van der Waals surface area contributed by atoms with Crippen molar-refractivity contribution in [3.05, 3.63) is 53.9 Å². The van der Waals surface area contributed by atoms with E-state index in [-0.39, 0.29) is 0 Å². The smallest absolute Gasteiger partial charge is 0.123 e. The third kappa shape index (κ3) is 3.03. The normalized spacial score (nSPS) is 10.3. The van der Waals surface area contributed by atoms with Crippen molar-refractivity contribution in [1.29, 1.82) is 0 Å².